The van der Waals surface area contributed by atoms with Crippen LogP contribution in [-0.4, -0.2) is 12.9 Å². The molecule has 0 heterocycles. The quantitative estimate of drug-likeness (QED) is 0.772. The van der Waals surface area contributed by atoms with Crippen molar-refractivity contribution in [2.24, 2.45) is 11.8 Å². The third-order valence-corrected chi connectivity index (χ3v) is 2.82. The Labute approximate surface area is 106 Å². The molecule has 17 heavy (non-hydrogen) atoms. The van der Waals surface area contributed by atoms with Crippen molar-refractivity contribution >= 4 is 17.4 Å². The second-order valence-corrected chi connectivity index (χ2v) is 4.47. The Morgan fingerprint density at radius 1 is 1.47 bits per heavy atom. The molecule has 0 saturated heterocycles. The fourth-order valence-electron chi connectivity index (χ4n) is 1.51. The highest BCUT2D eigenvalue weighted by molar-refractivity contribution is 6.32. The van der Waals surface area contributed by atoms with Crippen LogP contribution in [0, 0.1) is 23.2 Å². The van der Waals surface area contributed by atoms with Crippen molar-refractivity contribution in [2.75, 3.05) is 7.11 Å². The zero-order chi connectivity index (χ0) is 13.0. The van der Waals surface area contributed by atoms with E-state index >= 15 is 0 Å². The summed E-state index contributed by atoms with van der Waals surface area (Å²) in [6.45, 7) is 3.69. The van der Waals surface area contributed by atoms with Crippen molar-refractivity contribution in [1.29, 1.82) is 5.26 Å². The molecule has 0 aliphatic carbocycles. The van der Waals surface area contributed by atoms with Crippen molar-refractivity contribution in [3.63, 3.8) is 0 Å². The van der Waals surface area contributed by atoms with Crippen LogP contribution < -0.4 is 4.74 Å². The van der Waals surface area contributed by atoms with E-state index in [1.54, 1.807) is 12.1 Å². The molecule has 4 heteroatoms. The average molecular weight is 252 g/mol. The lowest BCUT2D eigenvalue weighted by molar-refractivity contribution is 0.0924. The molecule has 90 valence electrons. The zero-order valence-corrected chi connectivity index (χ0v) is 10.8. The number of benzene rings is 1. The first-order chi connectivity index (χ1) is 8.01. The Kier molecular flexibility index (Phi) is 4.53. The van der Waals surface area contributed by atoms with Gasteiger partial charge < -0.3 is 4.74 Å². The second-order valence-electron chi connectivity index (χ2n) is 4.06. The Balaban J connectivity index is 3.05. The van der Waals surface area contributed by atoms with Gasteiger partial charge in [-0.3, -0.25) is 4.79 Å². The molecule has 1 rings (SSSR count). The zero-order valence-electron chi connectivity index (χ0n) is 10.0. The molecule has 1 aromatic carbocycles. The van der Waals surface area contributed by atoms with E-state index in [4.69, 9.17) is 21.6 Å². The van der Waals surface area contributed by atoms with Crippen molar-refractivity contribution in [3.05, 3.63) is 28.8 Å². The minimum atomic E-state index is -0.639. The number of carbonyl (C=O) groups excluding carboxylic acids is 1. The van der Waals surface area contributed by atoms with Gasteiger partial charge >= 0.3 is 0 Å². The summed E-state index contributed by atoms with van der Waals surface area (Å²) in [5.74, 6) is -0.346. The van der Waals surface area contributed by atoms with Gasteiger partial charge in [-0.15, -0.1) is 0 Å². The summed E-state index contributed by atoms with van der Waals surface area (Å²) in [4.78, 5) is 12.0. The van der Waals surface area contributed by atoms with Crippen LogP contribution in [0.3, 0.4) is 0 Å². The van der Waals surface area contributed by atoms with Gasteiger partial charge in [-0.05, 0) is 24.1 Å². The predicted octanol–water partition coefficient (Wildman–Crippen LogP) is 3.33. The minimum absolute atomic E-state index is 0.0200. The smallest absolute Gasteiger partial charge is 0.180 e. The van der Waals surface area contributed by atoms with E-state index in [0.29, 0.717) is 16.3 Å². The lowest BCUT2D eigenvalue weighted by Crippen LogP contribution is -2.18. The van der Waals surface area contributed by atoms with Gasteiger partial charge in [0.1, 0.15) is 11.7 Å². The number of methoxy groups -OCH3 is 1. The largest absolute Gasteiger partial charge is 0.495 e. The third kappa shape index (κ3) is 2.98. The summed E-state index contributed by atoms with van der Waals surface area (Å²) < 4.78 is 5.01. The first kappa shape index (κ1) is 13.5. The number of halogens is 1. The van der Waals surface area contributed by atoms with Gasteiger partial charge in [0.25, 0.3) is 0 Å². The van der Waals surface area contributed by atoms with Gasteiger partial charge in [0, 0.05) is 5.56 Å². The van der Waals surface area contributed by atoms with Gasteiger partial charge in [0.15, 0.2) is 5.78 Å². The van der Waals surface area contributed by atoms with Crippen LogP contribution in [0.1, 0.15) is 24.2 Å². The fourth-order valence-corrected chi connectivity index (χ4v) is 1.77. The molecule has 0 amide bonds. The lowest BCUT2D eigenvalue weighted by atomic mass is 9.89. The highest BCUT2D eigenvalue weighted by Crippen LogP contribution is 2.27. The number of hydrogen-bond acceptors (Lipinski definition) is 3. The van der Waals surface area contributed by atoms with Crippen LogP contribution in [0.25, 0.3) is 0 Å². The SMILES string of the molecule is COc1ccc(C(=O)C(C#N)C(C)C)cc1Cl. The summed E-state index contributed by atoms with van der Waals surface area (Å²) in [7, 11) is 1.51. The molecular formula is C13H14ClNO2. The lowest BCUT2D eigenvalue weighted by Gasteiger charge is -2.12. The average Bonchev–Trinajstić information content (AvgIpc) is 2.29. The summed E-state index contributed by atoms with van der Waals surface area (Å²) in [5, 5.41) is 9.34. The van der Waals surface area contributed by atoms with E-state index < -0.39 is 5.92 Å². The third-order valence-electron chi connectivity index (χ3n) is 2.52. The van der Waals surface area contributed by atoms with Crippen molar-refractivity contribution < 1.29 is 9.53 Å². The van der Waals surface area contributed by atoms with E-state index in [2.05, 4.69) is 0 Å². The van der Waals surface area contributed by atoms with Crippen molar-refractivity contribution in [1.82, 2.24) is 0 Å². The Morgan fingerprint density at radius 2 is 2.12 bits per heavy atom. The van der Waals surface area contributed by atoms with Crippen LogP contribution in [0.15, 0.2) is 18.2 Å². The molecule has 0 aliphatic rings. The first-order valence-electron chi connectivity index (χ1n) is 5.28. The van der Waals surface area contributed by atoms with Crippen LogP contribution in [0.2, 0.25) is 5.02 Å². The molecule has 0 saturated carbocycles. The van der Waals surface area contributed by atoms with E-state index in [1.807, 2.05) is 19.9 Å². The molecule has 0 aromatic heterocycles. The van der Waals surface area contributed by atoms with Gasteiger partial charge in [0.05, 0.1) is 18.2 Å². The summed E-state index contributed by atoms with van der Waals surface area (Å²) in [5.41, 5.74) is 0.441. The van der Waals surface area contributed by atoms with Crippen LogP contribution >= 0.6 is 11.6 Å². The molecule has 0 aliphatic heterocycles. The molecule has 0 N–H and O–H groups in total. The molecule has 1 unspecified atom stereocenters. The maximum absolute atomic E-state index is 12.0. The summed E-state index contributed by atoms with van der Waals surface area (Å²) in [6, 6.07) is 6.82. The number of nitrogens with zero attached hydrogens (tertiary/aromatic N) is 1. The Morgan fingerprint density at radius 3 is 2.53 bits per heavy atom. The number of ether oxygens (including phenoxy) is 1. The number of nitriles is 1. The predicted molar refractivity (Wildman–Crippen MR) is 66.3 cm³/mol. The van der Waals surface area contributed by atoms with E-state index in [1.165, 1.54) is 13.2 Å². The number of ketones is 1. The number of carbonyl (C=O) groups is 1. The second kappa shape index (κ2) is 5.70. The summed E-state index contributed by atoms with van der Waals surface area (Å²) in [6.07, 6.45) is 0. The molecule has 0 fully saturated rings. The highest BCUT2D eigenvalue weighted by Gasteiger charge is 2.23. The normalized spacial score (nSPS) is 12.0. The molecular weight excluding hydrogens is 238 g/mol. The molecule has 0 spiro atoms. The Bertz CT molecular complexity index is 463. The van der Waals surface area contributed by atoms with E-state index in [0.717, 1.165) is 0 Å². The monoisotopic (exact) mass is 251 g/mol. The van der Waals surface area contributed by atoms with Gasteiger partial charge in [0.2, 0.25) is 0 Å². The van der Waals surface area contributed by atoms with Crippen LogP contribution in [0.4, 0.5) is 0 Å². The number of rotatable bonds is 4. The maximum Gasteiger partial charge on any atom is 0.180 e. The standard InChI is InChI=1S/C13H14ClNO2/c1-8(2)10(7-15)13(16)9-4-5-12(17-3)11(14)6-9/h4-6,8,10H,1-3H3. The number of Topliss-reactive ketones (excluding diaryl/α,β-unsaturated/α-hetero) is 1. The van der Waals surface area contributed by atoms with E-state index in [-0.39, 0.29) is 11.7 Å². The number of hydrogen-bond donors (Lipinski definition) is 0. The fraction of sp³-hybridized carbons (Fsp3) is 0.385. The molecule has 0 radical (unpaired) electrons. The molecule has 1 atom stereocenters. The van der Waals surface area contributed by atoms with Gasteiger partial charge in [-0.1, -0.05) is 25.4 Å². The van der Waals surface area contributed by atoms with Crippen molar-refractivity contribution in [2.45, 2.75) is 13.8 Å². The minimum Gasteiger partial charge on any atom is -0.495 e. The maximum atomic E-state index is 12.0. The van der Waals surface area contributed by atoms with Gasteiger partial charge in [-0.25, -0.2) is 0 Å². The van der Waals surface area contributed by atoms with Crippen LogP contribution in [0.5, 0.6) is 5.75 Å². The molecule has 0 bridgehead atoms. The van der Waals surface area contributed by atoms with E-state index in [9.17, 15) is 4.79 Å². The van der Waals surface area contributed by atoms with Crippen molar-refractivity contribution in [3.8, 4) is 11.8 Å². The topological polar surface area (TPSA) is 50.1 Å². The summed E-state index contributed by atoms with van der Waals surface area (Å²) >= 11 is 5.94. The Hall–Kier alpha value is -1.53. The van der Waals surface area contributed by atoms with Gasteiger partial charge in [-0.2, -0.15) is 5.26 Å². The first-order valence-corrected chi connectivity index (χ1v) is 5.66. The molecule has 1 aromatic rings. The molecule has 3 nitrogen and oxygen atoms in total. The van der Waals surface area contributed by atoms with Crippen LogP contribution in [-0.2, 0) is 0 Å². The highest BCUT2D eigenvalue weighted by atomic mass is 35.5.